The molecule has 2 aromatic carbocycles. The van der Waals surface area contributed by atoms with E-state index in [1.165, 1.54) is 0 Å². The Balaban J connectivity index is 1.54. The average molecular weight is 563 g/mol. The van der Waals surface area contributed by atoms with Gasteiger partial charge in [0, 0.05) is 59.6 Å². The van der Waals surface area contributed by atoms with E-state index in [1.54, 1.807) is 59.2 Å². The Morgan fingerprint density at radius 1 is 0.690 bits per heavy atom. The van der Waals surface area contributed by atoms with Crippen molar-refractivity contribution >= 4 is 11.6 Å². The Hall–Kier alpha value is -4.72. The summed E-state index contributed by atoms with van der Waals surface area (Å²) in [5, 5.41) is 0. The number of rotatable bonds is 6. The molecule has 2 aromatic heterocycles. The van der Waals surface area contributed by atoms with E-state index in [1.807, 2.05) is 42.6 Å². The van der Waals surface area contributed by atoms with Gasteiger partial charge in [0.25, 0.3) is 0 Å². The third-order valence-corrected chi connectivity index (χ3v) is 9.54. The fraction of sp³-hybridized carbons (Fsp3) is 0.294. The SMILES string of the molecule is COc1cc2c(cc1OC)C(=O)[C@@]1(C2)[C@H](c2cccnc2)[C@H]2C(=O)c3cc(OC)c(OC)cc3[C@H]2[C@@H]1c1cccnc1. The third kappa shape index (κ3) is 3.41. The number of pyridine rings is 2. The standard InChI is InChI=1S/C34H30N2O6/c1-39-24-11-20-15-34(33(38)21(20)12-25(24)40-2)30(18-7-5-9-35-16-18)28-22-13-26(41-3)27(42-4)14-23(22)32(37)29(28)31(34)19-8-6-10-36-17-19/h5-14,16-17,28-31H,15H2,1-4H3/t28-,29+,30+,31-,34-/m1/s1. The molecule has 42 heavy (non-hydrogen) atoms. The number of methoxy groups -OCH3 is 4. The van der Waals surface area contributed by atoms with Gasteiger partial charge in [0.2, 0.25) is 0 Å². The predicted molar refractivity (Wildman–Crippen MR) is 154 cm³/mol. The van der Waals surface area contributed by atoms with Crippen molar-refractivity contribution in [3.8, 4) is 23.0 Å². The lowest BCUT2D eigenvalue weighted by Gasteiger charge is -2.37. The molecule has 1 spiro atoms. The minimum absolute atomic E-state index is 0.00510. The number of fused-ring (bicyclic) bond motifs is 4. The Labute approximate surface area is 243 Å². The molecule has 0 unspecified atom stereocenters. The summed E-state index contributed by atoms with van der Waals surface area (Å²) in [5.41, 5.74) is 3.72. The normalized spacial score (nSPS) is 25.2. The lowest BCUT2D eigenvalue weighted by molar-refractivity contribution is 0.0744. The molecule has 3 aliphatic carbocycles. The summed E-state index contributed by atoms with van der Waals surface area (Å²) < 4.78 is 22.5. The number of benzene rings is 2. The Morgan fingerprint density at radius 3 is 1.76 bits per heavy atom. The van der Waals surface area contributed by atoms with Crippen molar-refractivity contribution in [2.75, 3.05) is 28.4 Å². The number of carbonyl (C=O) groups excluding carboxylic acids is 2. The molecule has 7 rings (SSSR count). The molecule has 0 N–H and O–H groups in total. The van der Waals surface area contributed by atoms with Crippen LogP contribution in [-0.4, -0.2) is 50.0 Å². The van der Waals surface area contributed by atoms with Crippen LogP contribution in [0.4, 0.5) is 0 Å². The van der Waals surface area contributed by atoms with Gasteiger partial charge in [-0.3, -0.25) is 19.6 Å². The zero-order chi connectivity index (χ0) is 29.2. The second-order valence-electron chi connectivity index (χ2n) is 11.1. The van der Waals surface area contributed by atoms with Crippen LogP contribution in [-0.2, 0) is 6.42 Å². The van der Waals surface area contributed by atoms with Crippen molar-refractivity contribution in [1.29, 1.82) is 0 Å². The van der Waals surface area contributed by atoms with Gasteiger partial charge in [-0.05, 0) is 65.1 Å². The maximum atomic E-state index is 15.0. The molecule has 3 aliphatic rings. The molecular formula is C34H30N2O6. The van der Waals surface area contributed by atoms with E-state index >= 15 is 4.79 Å². The summed E-state index contributed by atoms with van der Waals surface area (Å²) in [4.78, 5) is 38.5. The van der Waals surface area contributed by atoms with Crippen molar-refractivity contribution in [2.45, 2.75) is 24.2 Å². The van der Waals surface area contributed by atoms with Gasteiger partial charge >= 0.3 is 0 Å². The Kier molecular flexibility index (Phi) is 6.04. The molecule has 0 radical (unpaired) electrons. The molecule has 1 saturated carbocycles. The van der Waals surface area contributed by atoms with Crippen LogP contribution in [0.1, 0.15) is 60.7 Å². The van der Waals surface area contributed by atoms with Crippen LogP contribution in [0.15, 0.2) is 73.3 Å². The minimum Gasteiger partial charge on any atom is -0.493 e. The van der Waals surface area contributed by atoms with Crippen molar-refractivity contribution in [3.05, 3.63) is 107 Å². The first kappa shape index (κ1) is 26.2. The smallest absolute Gasteiger partial charge is 0.171 e. The minimum atomic E-state index is -0.985. The largest absolute Gasteiger partial charge is 0.493 e. The third-order valence-electron chi connectivity index (χ3n) is 9.54. The Bertz CT molecular complexity index is 1720. The molecule has 0 amide bonds. The van der Waals surface area contributed by atoms with Crippen LogP contribution in [0.3, 0.4) is 0 Å². The summed E-state index contributed by atoms with van der Waals surface area (Å²) in [6.45, 7) is 0. The van der Waals surface area contributed by atoms with Gasteiger partial charge in [0.15, 0.2) is 34.6 Å². The van der Waals surface area contributed by atoms with Gasteiger partial charge in [-0.25, -0.2) is 0 Å². The van der Waals surface area contributed by atoms with Crippen LogP contribution < -0.4 is 18.9 Å². The fourth-order valence-corrected chi connectivity index (χ4v) is 8.06. The number of nitrogens with zero attached hydrogens (tertiary/aromatic N) is 2. The molecule has 1 fully saturated rings. The monoisotopic (exact) mass is 562 g/mol. The van der Waals surface area contributed by atoms with E-state index in [0.29, 0.717) is 40.5 Å². The van der Waals surface area contributed by atoms with Crippen LogP contribution in [0.5, 0.6) is 23.0 Å². The molecule has 2 heterocycles. The Morgan fingerprint density at radius 2 is 1.21 bits per heavy atom. The predicted octanol–water partition coefficient (Wildman–Crippen LogP) is 5.41. The van der Waals surface area contributed by atoms with Crippen LogP contribution >= 0.6 is 0 Å². The van der Waals surface area contributed by atoms with E-state index in [4.69, 9.17) is 18.9 Å². The fourth-order valence-electron chi connectivity index (χ4n) is 8.06. The number of aromatic nitrogens is 2. The molecule has 0 saturated heterocycles. The first-order chi connectivity index (χ1) is 20.5. The summed E-state index contributed by atoms with van der Waals surface area (Å²) in [7, 11) is 6.30. The number of hydrogen-bond donors (Lipinski definition) is 0. The average Bonchev–Trinajstić information content (AvgIpc) is 3.60. The molecule has 0 aliphatic heterocycles. The van der Waals surface area contributed by atoms with E-state index in [2.05, 4.69) is 9.97 Å². The first-order valence-electron chi connectivity index (χ1n) is 13.9. The molecule has 8 nitrogen and oxygen atoms in total. The highest BCUT2D eigenvalue weighted by Crippen LogP contribution is 2.73. The zero-order valence-electron chi connectivity index (χ0n) is 23.8. The lowest BCUT2D eigenvalue weighted by Crippen LogP contribution is -2.38. The highest BCUT2D eigenvalue weighted by Gasteiger charge is 2.70. The zero-order valence-corrected chi connectivity index (χ0v) is 23.8. The van der Waals surface area contributed by atoms with E-state index in [9.17, 15) is 4.79 Å². The summed E-state index contributed by atoms with van der Waals surface area (Å²) in [6.07, 6.45) is 7.50. The molecule has 5 atom stereocenters. The van der Waals surface area contributed by atoms with Crippen molar-refractivity contribution in [2.24, 2.45) is 11.3 Å². The number of Topliss-reactive ketones (excluding diaryl/α,β-unsaturated/α-hetero) is 2. The lowest BCUT2D eigenvalue weighted by atomic mass is 9.63. The molecule has 4 aromatic rings. The van der Waals surface area contributed by atoms with E-state index in [0.717, 1.165) is 22.3 Å². The van der Waals surface area contributed by atoms with Gasteiger partial charge in [0.1, 0.15) is 0 Å². The highest BCUT2D eigenvalue weighted by molar-refractivity contribution is 6.11. The first-order valence-corrected chi connectivity index (χ1v) is 13.9. The number of hydrogen-bond acceptors (Lipinski definition) is 8. The molecular weight excluding hydrogens is 532 g/mol. The van der Waals surface area contributed by atoms with Gasteiger partial charge in [0.05, 0.1) is 33.9 Å². The second-order valence-corrected chi connectivity index (χ2v) is 11.1. The van der Waals surface area contributed by atoms with Gasteiger partial charge in [-0.15, -0.1) is 0 Å². The van der Waals surface area contributed by atoms with E-state index < -0.39 is 17.3 Å². The van der Waals surface area contributed by atoms with Crippen LogP contribution in [0.2, 0.25) is 0 Å². The van der Waals surface area contributed by atoms with Crippen LogP contribution in [0.25, 0.3) is 0 Å². The highest BCUT2D eigenvalue weighted by atomic mass is 16.5. The maximum absolute atomic E-state index is 15.0. The molecule has 0 bridgehead atoms. The van der Waals surface area contributed by atoms with Gasteiger partial charge < -0.3 is 18.9 Å². The number of ether oxygens (including phenoxy) is 4. The maximum Gasteiger partial charge on any atom is 0.171 e. The van der Waals surface area contributed by atoms with Gasteiger partial charge in [-0.1, -0.05) is 12.1 Å². The summed E-state index contributed by atoms with van der Waals surface area (Å²) in [6, 6.07) is 15.1. The van der Waals surface area contributed by atoms with E-state index in [-0.39, 0.29) is 23.4 Å². The summed E-state index contributed by atoms with van der Waals surface area (Å²) in [5.74, 6) is 0.471. The van der Waals surface area contributed by atoms with Gasteiger partial charge in [-0.2, -0.15) is 0 Å². The second kappa shape index (κ2) is 9.69. The van der Waals surface area contributed by atoms with Crippen LogP contribution in [0, 0.1) is 11.3 Å². The molecule has 8 heteroatoms. The number of carbonyl (C=O) groups is 2. The van der Waals surface area contributed by atoms with Crippen molar-refractivity contribution in [3.63, 3.8) is 0 Å². The topological polar surface area (TPSA) is 96.8 Å². The van der Waals surface area contributed by atoms with Crippen molar-refractivity contribution < 1.29 is 28.5 Å². The summed E-state index contributed by atoms with van der Waals surface area (Å²) >= 11 is 0. The van der Waals surface area contributed by atoms with Crippen molar-refractivity contribution in [1.82, 2.24) is 9.97 Å². The molecule has 212 valence electrons. The quantitative estimate of drug-likeness (QED) is 0.308. The number of ketones is 2.